The number of nitrogens with zero attached hydrogens (tertiary/aromatic N) is 1. The van der Waals surface area contributed by atoms with Crippen molar-refractivity contribution < 1.29 is 17.6 Å². The molecule has 1 saturated heterocycles. The summed E-state index contributed by atoms with van der Waals surface area (Å²) in [4.78, 5) is 14.2. The average molecular weight is 328 g/mol. The minimum Gasteiger partial charge on any atom is -0.455 e. The smallest absolute Gasteiger partial charge is 0.289 e. The second kappa shape index (κ2) is 6.04. The molecule has 1 fully saturated rings. The minimum atomic E-state index is -3.87. The molecule has 1 aliphatic rings. The highest BCUT2D eigenvalue weighted by Crippen LogP contribution is 2.34. The highest BCUT2D eigenvalue weighted by Gasteiger charge is 2.34. The third-order valence-corrected chi connectivity index (χ3v) is 5.33. The maximum absolute atomic E-state index is 12.6. The maximum atomic E-state index is 12.6. The number of furan rings is 1. The van der Waals surface area contributed by atoms with Crippen LogP contribution in [0.4, 0.5) is 0 Å². The highest BCUT2D eigenvalue weighted by molar-refractivity contribution is 7.89. The SMILES string of the molecule is CCC[C@]1(C)CCCN(C(=O)c2cc(S(N)(=O)=O)c(C)o2)C1. The molecule has 0 radical (unpaired) electrons. The summed E-state index contributed by atoms with van der Waals surface area (Å²) in [5, 5.41) is 5.12. The van der Waals surface area contributed by atoms with E-state index in [9.17, 15) is 13.2 Å². The largest absolute Gasteiger partial charge is 0.455 e. The van der Waals surface area contributed by atoms with Gasteiger partial charge in [-0.05, 0) is 31.6 Å². The maximum Gasteiger partial charge on any atom is 0.289 e. The van der Waals surface area contributed by atoms with Gasteiger partial charge in [0.2, 0.25) is 10.0 Å². The number of hydrogen-bond acceptors (Lipinski definition) is 4. The molecular weight excluding hydrogens is 304 g/mol. The molecule has 2 N–H and O–H groups in total. The van der Waals surface area contributed by atoms with E-state index in [-0.39, 0.29) is 27.7 Å². The van der Waals surface area contributed by atoms with E-state index in [0.717, 1.165) is 25.7 Å². The lowest BCUT2D eigenvalue weighted by Crippen LogP contribution is -2.44. The number of carbonyl (C=O) groups is 1. The predicted octanol–water partition coefficient (Wildman–Crippen LogP) is 2.28. The Bertz CT molecular complexity index is 661. The summed E-state index contributed by atoms with van der Waals surface area (Å²) in [6.45, 7) is 7.17. The van der Waals surface area contributed by atoms with Crippen LogP contribution in [0.5, 0.6) is 0 Å². The Kier molecular flexibility index (Phi) is 4.67. The summed E-state index contributed by atoms with van der Waals surface area (Å²) in [7, 11) is -3.87. The van der Waals surface area contributed by atoms with Crippen LogP contribution in [0, 0.1) is 12.3 Å². The van der Waals surface area contributed by atoms with Gasteiger partial charge in [-0.25, -0.2) is 13.6 Å². The lowest BCUT2D eigenvalue weighted by molar-refractivity contribution is 0.0500. The fourth-order valence-electron chi connectivity index (χ4n) is 3.31. The Balaban J connectivity index is 2.22. The molecule has 1 amide bonds. The molecule has 124 valence electrons. The van der Waals surface area contributed by atoms with Gasteiger partial charge in [-0.3, -0.25) is 4.79 Å². The van der Waals surface area contributed by atoms with Crippen LogP contribution in [-0.4, -0.2) is 32.3 Å². The van der Waals surface area contributed by atoms with E-state index in [4.69, 9.17) is 9.56 Å². The highest BCUT2D eigenvalue weighted by atomic mass is 32.2. The summed E-state index contributed by atoms with van der Waals surface area (Å²) in [6.07, 6.45) is 4.19. The van der Waals surface area contributed by atoms with Gasteiger partial charge in [0, 0.05) is 19.2 Å². The van der Waals surface area contributed by atoms with E-state index in [1.807, 2.05) is 0 Å². The van der Waals surface area contributed by atoms with Crippen molar-refractivity contribution in [2.45, 2.75) is 51.3 Å². The molecule has 0 aliphatic carbocycles. The first-order chi connectivity index (χ1) is 10.2. The van der Waals surface area contributed by atoms with Crippen LogP contribution < -0.4 is 5.14 Å². The second-order valence-corrected chi connectivity index (χ2v) is 8.00. The van der Waals surface area contributed by atoms with Gasteiger partial charge in [0.15, 0.2) is 5.76 Å². The Hall–Kier alpha value is -1.34. The number of likely N-dealkylation sites (tertiary alicyclic amines) is 1. The Labute approximate surface area is 131 Å². The zero-order valence-corrected chi connectivity index (χ0v) is 14.2. The quantitative estimate of drug-likeness (QED) is 0.917. The standard InChI is InChI=1S/C15H24N2O4S/c1-4-6-15(3)7-5-8-17(10-15)14(18)12-9-13(11(2)21-12)22(16,19)20/h9H,4-8,10H2,1-3H3,(H2,16,19,20)/t15-/m1/s1. The van der Waals surface area contributed by atoms with Gasteiger partial charge in [-0.15, -0.1) is 0 Å². The van der Waals surface area contributed by atoms with Gasteiger partial charge < -0.3 is 9.32 Å². The number of sulfonamides is 1. The number of rotatable bonds is 4. The van der Waals surface area contributed by atoms with Crippen molar-refractivity contribution in [3.63, 3.8) is 0 Å². The second-order valence-electron chi connectivity index (χ2n) is 6.47. The molecule has 0 saturated carbocycles. The molecule has 7 heteroatoms. The lowest BCUT2D eigenvalue weighted by atomic mass is 9.78. The van der Waals surface area contributed by atoms with Crippen LogP contribution in [0.2, 0.25) is 0 Å². The van der Waals surface area contributed by atoms with Crippen molar-refractivity contribution in [3.8, 4) is 0 Å². The van der Waals surface area contributed by atoms with Crippen molar-refractivity contribution in [1.29, 1.82) is 0 Å². The Morgan fingerprint density at radius 3 is 2.73 bits per heavy atom. The molecule has 0 bridgehead atoms. The number of amides is 1. The van der Waals surface area contributed by atoms with E-state index in [1.165, 1.54) is 13.0 Å². The van der Waals surface area contributed by atoms with Gasteiger partial charge >= 0.3 is 0 Å². The van der Waals surface area contributed by atoms with Crippen molar-refractivity contribution in [1.82, 2.24) is 4.90 Å². The monoisotopic (exact) mass is 328 g/mol. The van der Waals surface area contributed by atoms with Crippen LogP contribution >= 0.6 is 0 Å². The van der Waals surface area contributed by atoms with Crippen molar-refractivity contribution in [2.24, 2.45) is 10.6 Å². The molecular formula is C15H24N2O4S. The van der Waals surface area contributed by atoms with Gasteiger partial charge in [-0.2, -0.15) is 0 Å². The van der Waals surface area contributed by atoms with Crippen LogP contribution in [0.15, 0.2) is 15.4 Å². The number of nitrogens with two attached hydrogens (primary N) is 1. The number of hydrogen-bond donors (Lipinski definition) is 1. The summed E-state index contributed by atoms with van der Waals surface area (Å²) >= 11 is 0. The zero-order valence-electron chi connectivity index (χ0n) is 13.4. The summed E-state index contributed by atoms with van der Waals surface area (Å²) in [6, 6.07) is 1.23. The summed E-state index contributed by atoms with van der Waals surface area (Å²) in [5.74, 6) is -0.0681. The van der Waals surface area contributed by atoms with E-state index < -0.39 is 10.0 Å². The third-order valence-electron chi connectivity index (χ3n) is 4.31. The van der Waals surface area contributed by atoms with Crippen LogP contribution in [0.3, 0.4) is 0 Å². The van der Waals surface area contributed by atoms with E-state index in [1.54, 1.807) is 4.90 Å². The van der Waals surface area contributed by atoms with E-state index in [2.05, 4.69) is 13.8 Å². The lowest BCUT2D eigenvalue weighted by Gasteiger charge is -2.40. The first-order valence-electron chi connectivity index (χ1n) is 7.59. The normalized spacial score (nSPS) is 22.8. The van der Waals surface area contributed by atoms with Gasteiger partial charge in [0.1, 0.15) is 10.7 Å². The molecule has 1 atom stereocenters. The Morgan fingerprint density at radius 1 is 1.50 bits per heavy atom. The van der Waals surface area contributed by atoms with Crippen LogP contribution in [-0.2, 0) is 10.0 Å². The van der Waals surface area contributed by atoms with Gasteiger partial charge in [0.05, 0.1) is 0 Å². The van der Waals surface area contributed by atoms with Crippen molar-refractivity contribution in [2.75, 3.05) is 13.1 Å². The summed E-state index contributed by atoms with van der Waals surface area (Å²) in [5.41, 5.74) is 0.118. The third kappa shape index (κ3) is 3.52. The first-order valence-corrected chi connectivity index (χ1v) is 9.13. The molecule has 2 rings (SSSR count). The number of primary sulfonamides is 1. The molecule has 6 nitrogen and oxygen atoms in total. The number of carbonyl (C=O) groups excluding carboxylic acids is 1. The average Bonchev–Trinajstić information content (AvgIpc) is 2.80. The Morgan fingerprint density at radius 2 is 2.18 bits per heavy atom. The molecule has 0 aromatic carbocycles. The van der Waals surface area contributed by atoms with Crippen molar-refractivity contribution in [3.05, 3.63) is 17.6 Å². The van der Waals surface area contributed by atoms with Crippen LogP contribution in [0.1, 0.15) is 55.8 Å². The van der Waals surface area contributed by atoms with E-state index in [0.29, 0.717) is 13.1 Å². The molecule has 0 spiro atoms. The number of aryl methyl sites for hydroxylation is 1. The zero-order chi connectivity index (χ0) is 16.5. The number of piperidine rings is 1. The molecule has 1 aromatic heterocycles. The summed E-state index contributed by atoms with van der Waals surface area (Å²) < 4.78 is 28.2. The molecule has 1 aliphatic heterocycles. The molecule has 2 heterocycles. The van der Waals surface area contributed by atoms with Crippen LogP contribution in [0.25, 0.3) is 0 Å². The topological polar surface area (TPSA) is 93.6 Å². The molecule has 22 heavy (non-hydrogen) atoms. The van der Waals surface area contributed by atoms with E-state index >= 15 is 0 Å². The molecule has 1 aromatic rings. The van der Waals surface area contributed by atoms with Gasteiger partial charge in [0.25, 0.3) is 5.91 Å². The first kappa shape index (κ1) is 17.0. The fraction of sp³-hybridized carbons (Fsp3) is 0.667. The minimum absolute atomic E-state index is 0.0438. The predicted molar refractivity (Wildman–Crippen MR) is 83.0 cm³/mol. The fourth-order valence-corrected chi connectivity index (χ4v) is 4.02. The van der Waals surface area contributed by atoms with Crippen molar-refractivity contribution >= 4 is 15.9 Å². The van der Waals surface area contributed by atoms with Gasteiger partial charge in [-0.1, -0.05) is 20.3 Å². The molecule has 0 unspecified atom stereocenters.